The molecule has 0 unspecified atom stereocenters. The summed E-state index contributed by atoms with van der Waals surface area (Å²) in [7, 11) is 0. The summed E-state index contributed by atoms with van der Waals surface area (Å²) >= 11 is 3.22. The van der Waals surface area contributed by atoms with Crippen molar-refractivity contribution in [3.05, 3.63) is 52.5 Å². The summed E-state index contributed by atoms with van der Waals surface area (Å²) in [4.78, 5) is 0. The molecule has 0 spiro atoms. The Morgan fingerprint density at radius 3 is 2.41 bits per heavy atom. The molecule has 0 fully saturated rings. The van der Waals surface area contributed by atoms with E-state index >= 15 is 0 Å². The van der Waals surface area contributed by atoms with Gasteiger partial charge < -0.3 is 11.1 Å². The highest BCUT2D eigenvalue weighted by atomic mass is 79.9. The lowest BCUT2D eigenvalue weighted by molar-refractivity contribution is 0.625. The summed E-state index contributed by atoms with van der Waals surface area (Å²) in [5, 5.41) is 2.67. The molecule has 0 radical (unpaired) electrons. The highest BCUT2D eigenvalue weighted by Gasteiger charge is 2.07. The molecule has 0 amide bonds. The first kappa shape index (κ1) is 11.9. The largest absolute Gasteiger partial charge is 0.399 e. The molecule has 2 aromatic carbocycles. The van der Waals surface area contributed by atoms with Crippen molar-refractivity contribution in [3.8, 4) is 0 Å². The lowest BCUT2D eigenvalue weighted by Crippen LogP contribution is -1.97. The SMILES string of the molecule is Nc1ccc(Nc2cc(Br)ccc2F)c(F)c1. The molecule has 2 nitrogen and oxygen atoms in total. The number of nitrogens with one attached hydrogen (secondary N) is 1. The lowest BCUT2D eigenvalue weighted by Gasteiger charge is -2.09. The molecule has 0 aliphatic rings. The van der Waals surface area contributed by atoms with Gasteiger partial charge in [0.05, 0.1) is 11.4 Å². The van der Waals surface area contributed by atoms with E-state index in [4.69, 9.17) is 5.73 Å². The number of hydrogen-bond acceptors (Lipinski definition) is 2. The van der Waals surface area contributed by atoms with E-state index in [9.17, 15) is 8.78 Å². The Bertz CT molecular complexity index is 558. The van der Waals surface area contributed by atoms with Crippen LogP contribution in [-0.2, 0) is 0 Å². The van der Waals surface area contributed by atoms with Crippen molar-refractivity contribution < 1.29 is 8.78 Å². The zero-order valence-corrected chi connectivity index (χ0v) is 10.3. The van der Waals surface area contributed by atoms with Crippen molar-refractivity contribution in [2.24, 2.45) is 0 Å². The highest BCUT2D eigenvalue weighted by Crippen LogP contribution is 2.26. The summed E-state index contributed by atoms with van der Waals surface area (Å²) in [6.07, 6.45) is 0. The third-order valence-electron chi connectivity index (χ3n) is 2.19. The molecule has 2 aromatic rings. The van der Waals surface area contributed by atoms with Gasteiger partial charge in [0.2, 0.25) is 0 Å². The van der Waals surface area contributed by atoms with Crippen LogP contribution in [0.25, 0.3) is 0 Å². The van der Waals surface area contributed by atoms with Crippen LogP contribution in [0, 0.1) is 11.6 Å². The van der Waals surface area contributed by atoms with Crippen molar-refractivity contribution >= 4 is 33.0 Å². The standard InChI is InChI=1S/C12H9BrF2N2/c13-7-1-3-9(14)12(5-7)17-11-4-2-8(16)6-10(11)15/h1-6,17H,16H2. The zero-order valence-electron chi connectivity index (χ0n) is 8.68. The predicted molar refractivity (Wildman–Crippen MR) is 68.2 cm³/mol. The molecule has 0 atom stereocenters. The van der Waals surface area contributed by atoms with Crippen LogP contribution in [0.4, 0.5) is 25.8 Å². The number of benzene rings is 2. The van der Waals surface area contributed by atoms with Crippen molar-refractivity contribution in [1.82, 2.24) is 0 Å². The van der Waals surface area contributed by atoms with Gasteiger partial charge in [-0.05, 0) is 36.4 Å². The first-order valence-corrected chi connectivity index (χ1v) is 5.62. The van der Waals surface area contributed by atoms with Gasteiger partial charge in [-0.15, -0.1) is 0 Å². The Labute approximate surface area is 106 Å². The number of rotatable bonds is 2. The van der Waals surface area contributed by atoms with E-state index in [1.54, 1.807) is 12.1 Å². The quantitative estimate of drug-likeness (QED) is 0.821. The van der Waals surface area contributed by atoms with Gasteiger partial charge in [-0.25, -0.2) is 8.78 Å². The molecule has 2 rings (SSSR count). The van der Waals surface area contributed by atoms with E-state index in [1.807, 2.05) is 0 Å². The summed E-state index contributed by atoms with van der Waals surface area (Å²) < 4.78 is 27.6. The highest BCUT2D eigenvalue weighted by molar-refractivity contribution is 9.10. The van der Waals surface area contributed by atoms with Crippen LogP contribution in [-0.4, -0.2) is 0 Å². The molecule has 0 saturated carbocycles. The van der Waals surface area contributed by atoms with Crippen LogP contribution < -0.4 is 11.1 Å². The molecule has 5 heteroatoms. The van der Waals surface area contributed by atoms with Crippen LogP contribution in [0.15, 0.2) is 40.9 Å². The second kappa shape index (κ2) is 4.71. The minimum absolute atomic E-state index is 0.177. The molecule has 0 aliphatic heterocycles. The van der Waals surface area contributed by atoms with Crippen LogP contribution >= 0.6 is 15.9 Å². The van der Waals surface area contributed by atoms with Crippen molar-refractivity contribution in [3.63, 3.8) is 0 Å². The Kier molecular flexibility index (Phi) is 3.28. The third-order valence-corrected chi connectivity index (χ3v) is 2.68. The van der Waals surface area contributed by atoms with Crippen LogP contribution in [0.3, 0.4) is 0 Å². The first-order chi connectivity index (χ1) is 8.06. The van der Waals surface area contributed by atoms with Crippen LogP contribution in [0.5, 0.6) is 0 Å². The van der Waals surface area contributed by atoms with Crippen LogP contribution in [0.2, 0.25) is 0 Å². The van der Waals surface area contributed by atoms with Crippen LogP contribution in [0.1, 0.15) is 0 Å². The van der Waals surface area contributed by atoms with Crippen molar-refractivity contribution in [1.29, 1.82) is 0 Å². The Balaban J connectivity index is 2.34. The maximum atomic E-state index is 13.5. The van der Waals surface area contributed by atoms with Crippen molar-refractivity contribution in [2.75, 3.05) is 11.1 Å². The van der Waals surface area contributed by atoms with Gasteiger partial charge in [0.15, 0.2) is 0 Å². The molecule has 0 heterocycles. The van der Waals surface area contributed by atoms with E-state index in [-0.39, 0.29) is 11.4 Å². The lowest BCUT2D eigenvalue weighted by atomic mass is 10.2. The van der Waals surface area contributed by atoms with Gasteiger partial charge in [0, 0.05) is 10.2 Å². The minimum atomic E-state index is -0.524. The Morgan fingerprint density at radius 1 is 0.941 bits per heavy atom. The maximum Gasteiger partial charge on any atom is 0.148 e. The van der Waals surface area contributed by atoms with Gasteiger partial charge in [-0.3, -0.25) is 0 Å². The van der Waals surface area contributed by atoms with Gasteiger partial charge in [0.25, 0.3) is 0 Å². The summed E-state index contributed by atoms with van der Waals surface area (Å²) in [5.74, 6) is -0.978. The predicted octanol–water partition coefficient (Wildman–Crippen LogP) is 4.05. The van der Waals surface area contributed by atoms with Gasteiger partial charge >= 0.3 is 0 Å². The summed E-state index contributed by atoms with van der Waals surface area (Å²) in [6.45, 7) is 0. The molecular weight excluding hydrogens is 290 g/mol. The molecule has 88 valence electrons. The summed E-state index contributed by atoms with van der Waals surface area (Å²) in [5.41, 5.74) is 6.12. The molecule has 0 bridgehead atoms. The molecule has 17 heavy (non-hydrogen) atoms. The number of halogens is 3. The van der Waals surface area contributed by atoms with E-state index < -0.39 is 11.6 Å². The second-order valence-electron chi connectivity index (χ2n) is 3.49. The molecule has 0 saturated heterocycles. The number of nitrogen functional groups attached to an aromatic ring is 1. The zero-order chi connectivity index (χ0) is 12.4. The first-order valence-electron chi connectivity index (χ1n) is 4.83. The maximum absolute atomic E-state index is 13.5. The van der Waals surface area contributed by atoms with E-state index in [2.05, 4.69) is 21.2 Å². The average molecular weight is 299 g/mol. The van der Waals surface area contributed by atoms with E-state index in [0.29, 0.717) is 10.2 Å². The van der Waals surface area contributed by atoms with Crippen molar-refractivity contribution in [2.45, 2.75) is 0 Å². The molecule has 0 aliphatic carbocycles. The third kappa shape index (κ3) is 2.74. The second-order valence-corrected chi connectivity index (χ2v) is 4.40. The van der Waals surface area contributed by atoms with Gasteiger partial charge in [0.1, 0.15) is 11.6 Å². The number of anilines is 3. The molecular formula is C12H9BrF2N2. The fraction of sp³-hybridized carbons (Fsp3) is 0. The molecule has 0 aromatic heterocycles. The average Bonchev–Trinajstić information content (AvgIpc) is 2.27. The fourth-order valence-electron chi connectivity index (χ4n) is 1.37. The van der Waals surface area contributed by atoms with E-state index in [1.165, 1.54) is 24.3 Å². The van der Waals surface area contributed by atoms with Gasteiger partial charge in [-0.1, -0.05) is 15.9 Å². The Morgan fingerprint density at radius 2 is 1.71 bits per heavy atom. The smallest absolute Gasteiger partial charge is 0.148 e. The van der Waals surface area contributed by atoms with E-state index in [0.717, 1.165) is 0 Å². The minimum Gasteiger partial charge on any atom is -0.399 e. The number of nitrogens with two attached hydrogens (primary N) is 1. The topological polar surface area (TPSA) is 38.0 Å². The monoisotopic (exact) mass is 298 g/mol. The number of hydrogen-bond donors (Lipinski definition) is 2. The Hall–Kier alpha value is -1.62. The summed E-state index contributed by atoms with van der Waals surface area (Å²) in [6, 6.07) is 8.58. The normalized spacial score (nSPS) is 10.3. The van der Waals surface area contributed by atoms with Gasteiger partial charge in [-0.2, -0.15) is 0 Å². The molecule has 3 N–H and O–H groups in total. The fourth-order valence-corrected chi connectivity index (χ4v) is 1.73.